The van der Waals surface area contributed by atoms with Gasteiger partial charge < -0.3 is 19.5 Å². The van der Waals surface area contributed by atoms with Crippen molar-refractivity contribution in [3.05, 3.63) is 82.7 Å². The first-order chi connectivity index (χ1) is 18.3. The summed E-state index contributed by atoms with van der Waals surface area (Å²) in [6, 6.07) is 8.17. The number of hydrogen-bond acceptors (Lipinski definition) is 5. The fourth-order valence-corrected chi connectivity index (χ4v) is 4.95. The molecule has 0 radical (unpaired) electrons. The number of ether oxygens (including phenoxy) is 1. The van der Waals surface area contributed by atoms with E-state index in [-0.39, 0.29) is 23.9 Å². The number of aromatic nitrogens is 4. The van der Waals surface area contributed by atoms with Crippen LogP contribution in [-0.2, 0) is 26.6 Å². The van der Waals surface area contributed by atoms with E-state index in [0.717, 1.165) is 11.1 Å². The van der Waals surface area contributed by atoms with Gasteiger partial charge in [-0.05, 0) is 52.9 Å². The molecule has 0 aliphatic carbocycles. The van der Waals surface area contributed by atoms with Crippen molar-refractivity contribution < 1.29 is 22.7 Å². The highest BCUT2D eigenvalue weighted by molar-refractivity contribution is 5.99. The lowest BCUT2D eigenvalue weighted by molar-refractivity contribution is 0.0727. The number of methoxy groups -OCH3 is 1. The van der Waals surface area contributed by atoms with Gasteiger partial charge in [0.15, 0.2) is 11.6 Å². The van der Waals surface area contributed by atoms with Gasteiger partial charge in [0.2, 0.25) is 5.95 Å². The number of carbonyl (C=O) groups excluding carboxylic acids is 1. The summed E-state index contributed by atoms with van der Waals surface area (Å²) < 4.78 is 50.1. The molecule has 0 saturated carbocycles. The number of imidazole rings is 1. The second-order valence-corrected chi connectivity index (χ2v) is 9.15. The molecule has 3 heterocycles. The lowest BCUT2D eigenvalue weighted by atomic mass is 9.88. The van der Waals surface area contributed by atoms with Gasteiger partial charge in [-0.1, -0.05) is 6.07 Å². The molecule has 2 aromatic carbocycles. The highest BCUT2D eigenvalue weighted by atomic mass is 19.3. The number of hydrogen-bond donors (Lipinski definition) is 1. The molecule has 11 heteroatoms. The second-order valence-electron chi connectivity index (χ2n) is 9.15. The molecule has 5 rings (SSSR count). The van der Waals surface area contributed by atoms with E-state index >= 15 is 0 Å². The molecule has 38 heavy (non-hydrogen) atoms. The fraction of sp³-hybridized carbons (Fsp3) is 0.296. The molecule has 0 saturated heterocycles. The van der Waals surface area contributed by atoms with E-state index < -0.39 is 12.2 Å². The maximum absolute atomic E-state index is 13.9. The summed E-state index contributed by atoms with van der Waals surface area (Å²) in [7, 11) is 4.74. The van der Waals surface area contributed by atoms with Gasteiger partial charge >= 0.3 is 0 Å². The van der Waals surface area contributed by atoms with Crippen LogP contribution in [0.15, 0.2) is 48.9 Å². The standard InChI is InChI=1S/C27H27F3N6O2/c1-31-27-32-7-9-36(27)14-17-10-19(21-15-34(2)33-24(21)25(29)30)18-6-8-35(26(37)20(18)11-17)13-16-4-5-22(28)23(12-16)38-3/h4-5,7,9-12,15,25H,6,8,13-14H2,1-3H3,(H,31,32). The normalized spacial score (nSPS) is 13.2. The van der Waals surface area contributed by atoms with Crippen LogP contribution >= 0.6 is 0 Å². The number of aryl methyl sites for hydroxylation is 1. The molecule has 1 aliphatic heterocycles. The van der Waals surface area contributed by atoms with Crippen LogP contribution in [0.5, 0.6) is 5.75 Å². The SMILES string of the molecule is CNc1nccn1Cc1cc2c(c(-c3cn(C)nc3C(F)F)c1)CCN(Cc1ccc(F)c(OC)c1)C2=O. The van der Waals surface area contributed by atoms with Crippen molar-refractivity contribution in [1.82, 2.24) is 24.2 Å². The highest BCUT2D eigenvalue weighted by Crippen LogP contribution is 2.37. The summed E-state index contributed by atoms with van der Waals surface area (Å²) in [6.45, 7) is 1.02. The summed E-state index contributed by atoms with van der Waals surface area (Å²) in [6.07, 6.45) is 2.73. The van der Waals surface area contributed by atoms with Gasteiger partial charge in [-0.25, -0.2) is 18.2 Å². The predicted octanol–water partition coefficient (Wildman–Crippen LogP) is 4.66. The van der Waals surface area contributed by atoms with E-state index in [0.29, 0.717) is 47.7 Å². The Labute approximate surface area is 217 Å². The number of halogens is 3. The number of fused-ring (bicyclic) bond motifs is 1. The lowest BCUT2D eigenvalue weighted by Crippen LogP contribution is -2.37. The zero-order chi connectivity index (χ0) is 27.0. The Morgan fingerprint density at radius 3 is 2.63 bits per heavy atom. The van der Waals surface area contributed by atoms with Crippen LogP contribution in [0.2, 0.25) is 0 Å². The van der Waals surface area contributed by atoms with Crippen LogP contribution in [0.4, 0.5) is 19.1 Å². The Kier molecular flexibility index (Phi) is 6.83. The molecule has 0 fully saturated rings. The van der Waals surface area contributed by atoms with Gasteiger partial charge in [-0.15, -0.1) is 0 Å². The zero-order valence-corrected chi connectivity index (χ0v) is 21.2. The van der Waals surface area contributed by atoms with E-state index in [1.54, 1.807) is 49.7 Å². The number of benzene rings is 2. The van der Waals surface area contributed by atoms with Crippen LogP contribution in [0.1, 0.15) is 39.2 Å². The van der Waals surface area contributed by atoms with E-state index in [1.807, 2.05) is 16.7 Å². The van der Waals surface area contributed by atoms with Crippen molar-refractivity contribution in [2.24, 2.45) is 7.05 Å². The number of rotatable bonds is 8. The highest BCUT2D eigenvalue weighted by Gasteiger charge is 2.30. The number of anilines is 1. The quantitative estimate of drug-likeness (QED) is 0.363. The van der Waals surface area contributed by atoms with Gasteiger partial charge in [0.25, 0.3) is 12.3 Å². The average molecular weight is 525 g/mol. The monoisotopic (exact) mass is 524 g/mol. The third kappa shape index (κ3) is 4.71. The van der Waals surface area contributed by atoms with Crippen molar-refractivity contribution in [2.75, 3.05) is 26.0 Å². The number of nitrogens with zero attached hydrogens (tertiary/aromatic N) is 5. The number of nitrogens with one attached hydrogen (secondary N) is 1. The first-order valence-electron chi connectivity index (χ1n) is 12.1. The van der Waals surface area contributed by atoms with Crippen LogP contribution in [-0.4, -0.2) is 50.8 Å². The Morgan fingerprint density at radius 2 is 1.89 bits per heavy atom. The van der Waals surface area contributed by atoms with Crippen molar-refractivity contribution in [3.8, 4) is 16.9 Å². The molecule has 2 aromatic heterocycles. The van der Waals surface area contributed by atoms with Crippen LogP contribution < -0.4 is 10.1 Å². The number of carbonyl (C=O) groups is 1. The summed E-state index contributed by atoms with van der Waals surface area (Å²) in [4.78, 5) is 19.7. The molecule has 0 atom stereocenters. The molecule has 198 valence electrons. The van der Waals surface area contributed by atoms with Crippen LogP contribution in [0, 0.1) is 5.82 Å². The van der Waals surface area contributed by atoms with E-state index in [9.17, 15) is 18.0 Å². The first-order valence-corrected chi connectivity index (χ1v) is 12.1. The fourth-order valence-electron chi connectivity index (χ4n) is 4.95. The Hall–Kier alpha value is -4.28. The van der Waals surface area contributed by atoms with Gasteiger partial charge in [-0.2, -0.15) is 5.10 Å². The van der Waals surface area contributed by atoms with E-state index in [1.165, 1.54) is 17.9 Å². The summed E-state index contributed by atoms with van der Waals surface area (Å²) in [5, 5.41) is 7.00. The van der Waals surface area contributed by atoms with Crippen molar-refractivity contribution >= 4 is 11.9 Å². The summed E-state index contributed by atoms with van der Waals surface area (Å²) >= 11 is 0. The molecular weight excluding hydrogens is 497 g/mol. The third-order valence-corrected chi connectivity index (χ3v) is 6.69. The van der Waals surface area contributed by atoms with Gasteiger partial charge in [0, 0.05) is 56.9 Å². The van der Waals surface area contributed by atoms with Crippen LogP contribution in [0.25, 0.3) is 11.1 Å². The molecule has 4 aromatic rings. The summed E-state index contributed by atoms with van der Waals surface area (Å²) in [5.41, 5.74) is 3.21. The van der Waals surface area contributed by atoms with E-state index in [2.05, 4.69) is 15.4 Å². The molecule has 0 unspecified atom stereocenters. The zero-order valence-electron chi connectivity index (χ0n) is 21.2. The lowest BCUT2D eigenvalue weighted by Gasteiger charge is -2.31. The number of alkyl halides is 2. The molecule has 0 bridgehead atoms. The van der Waals surface area contributed by atoms with Crippen molar-refractivity contribution in [1.29, 1.82) is 0 Å². The number of amides is 1. The Bertz CT molecular complexity index is 1500. The Morgan fingerprint density at radius 1 is 1.11 bits per heavy atom. The molecule has 1 aliphatic rings. The minimum atomic E-state index is -2.76. The Balaban J connectivity index is 1.58. The van der Waals surface area contributed by atoms with Gasteiger partial charge in [-0.3, -0.25) is 9.48 Å². The van der Waals surface area contributed by atoms with Crippen molar-refractivity contribution in [3.63, 3.8) is 0 Å². The molecule has 1 N–H and O–H groups in total. The van der Waals surface area contributed by atoms with Gasteiger partial charge in [0.1, 0.15) is 5.69 Å². The topological polar surface area (TPSA) is 77.2 Å². The average Bonchev–Trinajstić information content (AvgIpc) is 3.52. The minimum Gasteiger partial charge on any atom is -0.494 e. The molecule has 1 amide bonds. The van der Waals surface area contributed by atoms with E-state index in [4.69, 9.17) is 4.74 Å². The van der Waals surface area contributed by atoms with Crippen LogP contribution in [0.3, 0.4) is 0 Å². The summed E-state index contributed by atoms with van der Waals surface area (Å²) in [5.74, 6) is 0.0398. The largest absolute Gasteiger partial charge is 0.494 e. The first kappa shape index (κ1) is 25.4. The maximum atomic E-state index is 13.9. The third-order valence-electron chi connectivity index (χ3n) is 6.69. The molecule has 0 spiro atoms. The molecular formula is C27H27F3N6O2. The van der Waals surface area contributed by atoms with Crippen molar-refractivity contribution in [2.45, 2.75) is 25.9 Å². The second kappa shape index (κ2) is 10.2. The molecule has 8 nitrogen and oxygen atoms in total. The smallest absolute Gasteiger partial charge is 0.282 e. The van der Waals surface area contributed by atoms with Gasteiger partial charge in [0.05, 0.1) is 13.7 Å². The predicted molar refractivity (Wildman–Crippen MR) is 136 cm³/mol. The maximum Gasteiger partial charge on any atom is 0.282 e. The minimum absolute atomic E-state index is 0.105.